The van der Waals surface area contributed by atoms with Gasteiger partial charge < -0.3 is 28.6 Å². The molecule has 4 aliphatic rings. The van der Waals surface area contributed by atoms with Gasteiger partial charge in [0.05, 0.1) is 31.8 Å². The number of methoxy groups -OCH3 is 1. The largest absolute Gasteiger partial charge is 0.443 e. The molecular formula is C21H35NO6. The van der Waals surface area contributed by atoms with Crippen LogP contribution in [0.5, 0.6) is 0 Å². The molecule has 0 aromatic rings. The summed E-state index contributed by atoms with van der Waals surface area (Å²) in [6.07, 6.45) is 3.32. The molecule has 1 spiro atoms. The van der Waals surface area contributed by atoms with E-state index in [2.05, 4.69) is 20.8 Å². The average Bonchev–Trinajstić information content (AvgIpc) is 3.60. The first kappa shape index (κ1) is 20.4. The van der Waals surface area contributed by atoms with Crippen molar-refractivity contribution in [3.63, 3.8) is 0 Å². The third-order valence-electron chi connectivity index (χ3n) is 7.02. The van der Waals surface area contributed by atoms with Crippen LogP contribution in [0.25, 0.3) is 0 Å². The van der Waals surface area contributed by atoms with E-state index < -0.39 is 0 Å². The highest BCUT2D eigenvalue weighted by Gasteiger charge is 2.72. The van der Waals surface area contributed by atoms with Crippen molar-refractivity contribution >= 4 is 6.09 Å². The van der Waals surface area contributed by atoms with Gasteiger partial charge in [-0.2, -0.15) is 0 Å². The summed E-state index contributed by atoms with van der Waals surface area (Å²) < 4.78 is 29.4. The SMILES string of the molecule is COC1C(OC(=O)N2CCOCC2)CCC2(CO2)C1C1(C)OC1CCC(C)C. The van der Waals surface area contributed by atoms with E-state index in [9.17, 15) is 4.79 Å². The van der Waals surface area contributed by atoms with Crippen LogP contribution in [0.1, 0.15) is 46.5 Å². The Morgan fingerprint density at radius 3 is 2.61 bits per heavy atom. The molecule has 3 heterocycles. The lowest BCUT2D eigenvalue weighted by atomic mass is 9.68. The van der Waals surface area contributed by atoms with E-state index in [-0.39, 0.29) is 41.5 Å². The van der Waals surface area contributed by atoms with Crippen LogP contribution in [0.3, 0.4) is 0 Å². The zero-order chi connectivity index (χ0) is 19.9. The summed E-state index contributed by atoms with van der Waals surface area (Å²) in [7, 11) is 1.71. The molecule has 7 nitrogen and oxygen atoms in total. The summed E-state index contributed by atoms with van der Waals surface area (Å²) in [5.41, 5.74) is -0.444. The van der Waals surface area contributed by atoms with Crippen LogP contribution < -0.4 is 0 Å². The summed E-state index contributed by atoms with van der Waals surface area (Å²) in [6.45, 7) is 9.71. The lowest BCUT2D eigenvalue weighted by molar-refractivity contribution is -0.123. The second-order valence-corrected chi connectivity index (χ2v) is 9.35. The monoisotopic (exact) mass is 397 g/mol. The fourth-order valence-electron chi connectivity index (χ4n) is 5.23. The predicted octanol–water partition coefficient (Wildman–Crippen LogP) is 2.61. The first-order valence-corrected chi connectivity index (χ1v) is 10.8. The number of amides is 1. The molecule has 0 bridgehead atoms. The molecule has 28 heavy (non-hydrogen) atoms. The standard InChI is InChI=1S/C21H35NO6/c1-14(2)5-6-16-20(3,28-16)18-17(24-4)15(7-8-21(18)13-26-21)27-19(23)22-9-11-25-12-10-22/h14-18H,5-13H2,1-4H3. The Bertz CT molecular complexity index is 573. The number of morpholine rings is 1. The minimum Gasteiger partial charge on any atom is -0.443 e. The molecule has 3 aliphatic heterocycles. The Kier molecular flexibility index (Phi) is 5.64. The summed E-state index contributed by atoms with van der Waals surface area (Å²) in [6, 6.07) is 0. The van der Waals surface area contributed by atoms with Crippen LogP contribution >= 0.6 is 0 Å². The molecular weight excluding hydrogens is 362 g/mol. The molecule has 1 saturated carbocycles. The van der Waals surface area contributed by atoms with Gasteiger partial charge in [-0.1, -0.05) is 13.8 Å². The van der Waals surface area contributed by atoms with Gasteiger partial charge in [-0.15, -0.1) is 0 Å². The maximum atomic E-state index is 12.6. The summed E-state index contributed by atoms with van der Waals surface area (Å²) >= 11 is 0. The fraction of sp³-hybridized carbons (Fsp3) is 0.952. The summed E-state index contributed by atoms with van der Waals surface area (Å²) in [4.78, 5) is 14.4. The van der Waals surface area contributed by atoms with Gasteiger partial charge in [0.1, 0.15) is 23.4 Å². The number of hydrogen-bond acceptors (Lipinski definition) is 6. The van der Waals surface area contributed by atoms with Crippen LogP contribution in [0.15, 0.2) is 0 Å². The maximum Gasteiger partial charge on any atom is 0.410 e. The van der Waals surface area contributed by atoms with E-state index in [4.69, 9.17) is 23.7 Å². The Hall–Kier alpha value is -0.890. The van der Waals surface area contributed by atoms with Crippen molar-refractivity contribution in [3.8, 4) is 0 Å². The topological polar surface area (TPSA) is 73.1 Å². The summed E-state index contributed by atoms with van der Waals surface area (Å²) in [5, 5.41) is 0. The summed E-state index contributed by atoms with van der Waals surface area (Å²) in [5.74, 6) is 0.741. The number of carbonyl (C=O) groups excluding carboxylic acids is 1. The molecule has 6 unspecified atom stereocenters. The van der Waals surface area contributed by atoms with E-state index in [0.29, 0.717) is 32.2 Å². The lowest BCUT2D eigenvalue weighted by Crippen LogP contribution is -2.56. The smallest absolute Gasteiger partial charge is 0.410 e. The highest BCUT2D eigenvalue weighted by atomic mass is 16.6. The lowest BCUT2D eigenvalue weighted by Gasteiger charge is -2.43. The van der Waals surface area contributed by atoms with E-state index in [1.54, 1.807) is 12.0 Å². The van der Waals surface area contributed by atoms with Crippen LogP contribution in [0, 0.1) is 11.8 Å². The normalized spacial score (nSPS) is 42.7. The zero-order valence-corrected chi connectivity index (χ0v) is 17.6. The zero-order valence-electron chi connectivity index (χ0n) is 17.6. The molecule has 4 rings (SSSR count). The predicted molar refractivity (Wildman–Crippen MR) is 102 cm³/mol. The minimum absolute atomic E-state index is 0.0819. The molecule has 0 radical (unpaired) electrons. The van der Waals surface area contributed by atoms with Crippen molar-refractivity contribution in [1.82, 2.24) is 4.90 Å². The van der Waals surface area contributed by atoms with Gasteiger partial charge in [0.2, 0.25) is 0 Å². The average molecular weight is 398 g/mol. The van der Waals surface area contributed by atoms with Crippen molar-refractivity contribution in [2.45, 2.75) is 76.0 Å². The van der Waals surface area contributed by atoms with Gasteiger partial charge in [-0.25, -0.2) is 4.79 Å². The number of carbonyl (C=O) groups is 1. The van der Waals surface area contributed by atoms with E-state index in [1.807, 2.05) is 0 Å². The Labute approximate surface area is 168 Å². The molecule has 160 valence electrons. The molecule has 0 aromatic carbocycles. The quantitative estimate of drug-likeness (QED) is 0.642. The molecule has 6 atom stereocenters. The van der Waals surface area contributed by atoms with Gasteiger partial charge in [0.15, 0.2) is 0 Å². The molecule has 0 N–H and O–H groups in total. The van der Waals surface area contributed by atoms with E-state index in [1.165, 1.54) is 0 Å². The first-order chi connectivity index (χ1) is 13.4. The number of rotatable bonds is 6. The third kappa shape index (κ3) is 3.78. The van der Waals surface area contributed by atoms with Crippen molar-refractivity contribution < 1.29 is 28.5 Å². The maximum absolute atomic E-state index is 12.6. The highest BCUT2D eigenvalue weighted by Crippen LogP contribution is 2.59. The van der Waals surface area contributed by atoms with Crippen LogP contribution in [0.2, 0.25) is 0 Å². The number of epoxide rings is 2. The number of ether oxygens (including phenoxy) is 5. The Morgan fingerprint density at radius 1 is 1.29 bits per heavy atom. The van der Waals surface area contributed by atoms with Gasteiger partial charge in [-0.05, 0) is 38.5 Å². The minimum atomic E-state index is -0.271. The molecule has 0 aromatic heterocycles. The van der Waals surface area contributed by atoms with Gasteiger partial charge in [-0.3, -0.25) is 0 Å². The van der Waals surface area contributed by atoms with E-state index >= 15 is 0 Å². The van der Waals surface area contributed by atoms with Crippen molar-refractivity contribution in [2.24, 2.45) is 11.8 Å². The Balaban J connectivity index is 1.45. The second-order valence-electron chi connectivity index (χ2n) is 9.35. The molecule has 3 saturated heterocycles. The Morgan fingerprint density at radius 2 is 2.00 bits per heavy atom. The van der Waals surface area contributed by atoms with Crippen LogP contribution in [-0.4, -0.2) is 80.5 Å². The fourth-order valence-corrected chi connectivity index (χ4v) is 5.23. The molecule has 1 amide bonds. The second kappa shape index (κ2) is 7.74. The third-order valence-corrected chi connectivity index (χ3v) is 7.02. The van der Waals surface area contributed by atoms with E-state index in [0.717, 1.165) is 32.3 Å². The van der Waals surface area contributed by atoms with Gasteiger partial charge >= 0.3 is 6.09 Å². The molecule has 1 aliphatic carbocycles. The van der Waals surface area contributed by atoms with Gasteiger partial charge in [0, 0.05) is 20.2 Å². The molecule has 4 fully saturated rings. The van der Waals surface area contributed by atoms with Crippen molar-refractivity contribution in [1.29, 1.82) is 0 Å². The van der Waals surface area contributed by atoms with Crippen molar-refractivity contribution in [2.75, 3.05) is 40.0 Å². The number of nitrogens with zero attached hydrogens (tertiary/aromatic N) is 1. The first-order valence-electron chi connectivity index (χ1n) is 10.8. The number of hydrogen-bond donors (Lipinski definition) is 0. The van der Waals surface area contributed by atoms with Crippen LogP contribution in [0.4, 0.5) is 4.79 Å². The molecule has 7 heteroatoms. The highest BCUT2D eigenvalue weighted by molar-refractivity contribution is 5.68. The van der Waals surface area contributed by atoms with Crippen molar-refractivity contribution in [3.05, 3.63) is 0 Å². The van der Waals surface area contributed by atoms with Crippen LogP contribution in [-0.2, 0) is 23.7 Å². The van der Waals surface area contributed by atoms with Gasteiger partial charge in [0.25, 0.3) is 0 Å².